The molecular formula is C21H17F2N5O4S. The third-order valence-corrected chi connectivity index (χ3v) is 6.26. The first kappa shape index (κ1) is 21.1. The van der Waals surface area contributed by atoms with E-state index in [0.29, 0.717) is 35.2 Å². The van der Waals surface area contributed by atoms with E-state index in [9.17, 15) is 18.4 Å². The van der Waals surface area contributed by atoms with Crippen molar-refractivity contribution in [3.8, 4) is 11.5 Å². The molecule has 1 saturated heterocycles. The normalized spacial score (nSPS) is 16.7. The summed E-state index contributed by atoms with van der Waals surface area (Å²) in [6, 6.07) is 7.55. The van der Waals surface area contributed by atoms with Crippen LogP contribution < -0.4 is 20.1 Å². The van der Waals surface area contributed by atoms with Crippen LogP contribution in [0.3, 0.4) is 0 Å². The van der Waals surface area contributed by atoms with Gasteiger partial charge in [0.25, 0.3) is 5.91 Å². The van der Waals surface area contributed by atoms with Crippen LogP contribution in [0.15, 0.2) is 36.4 Å². The number of anilines is 2. The minimum Gasteiger partial charge on any atom is -0.454 e. The van der Waals surface area contributed by atoms with Crippen molar-refractivity contribution in [1.82, 2.24) is 15.1 Å². The molecule has 3 aromatic rings. The molecule has 33 heavy (non-hydrogen) atoms. The van der Waals surface area contributed by atoms with Gasteiger partial charge in [-0.15, -0.1) is 10.2 Å². The fourth-order valence-corrected chi connectivity index (χ4v) is 4.54. The average Bonchev–Trinajstić information content (AvgIpc) is 3.55. The molecule has 1 fully saturated rings. The summed E-state index contributed by atoms with van der Waals surface area (Å²) < 4.78 is 37.1. The van der Waals surface area contributed by atoms with E-state index in [1.165, 1.54) is 6.07 Å². The SMILES string of the molecule is O=C(Nc1ccc(F)c(F)c1)c1nnc([C@@H]2CCCN2C(=O)Nc2ccc3c(c2)OCO3)s1. The fraction of sp³-hybridized carbons (Fsp3) is 0.238. The topological polar surface area (TPSA) is 106 Å². The van der Waals surface area contributed by atoms with E-state index in [0.717, 1.165) is 29.9 Å². The van der Waals surface area contributed by atoms with Gasteiger partial charge in [0, 0.05) is 30.1 Å². The molecular weight excluding hydrogens is 456 g/mol. The predicted octanol–water partition coefficient (Wildman–Crippen LogP) is 4.17. The van der Waals surface area contributed by atoms with Crippen LogP contribution in [-0.2, 0) is 0 Å². The number of likely N-dealkylation sites (tertiary alicyclic amines) is 1. The van der Waals surface area contributed by atoms with Crippen molar-refractivity contribution in [3.05, 3.63) is 58.0 Å². The number of urea groups is 1. The molecule has 2 N–H and O–H groups in total. The van der Waals surface area contributed by atoms with Crippen molar-refractivity contribution in [2.45, 2.75) is 18.9 Å². The maximum Gasteiger partial charge on any atom is 0.322 e. The third kappa shape index (κ3) is 4.29. The molecule has 5 rings (SSSR count). The van der Waals surface area contributed by atoms with E-state index in [4.69, 9.17) is 9.47 Å². The highest BCUT2D eigenvalue weighted by molar-refractivity contribution is 7.13. The quantitative estimate of drug-likeness (QED) is 0.589. The highest BCUT2D eigenvalue weighted by Gasteiger charge is 2.33. The van der Waals surface area contributed by atoms with Crippen LogP contribution in [0.2, 0.25) is 0 Å². The summed E-state index contributed by atoms with van der Waals surface area (Å²) in [6.45, 7) is 0.668. The van der Waals surface area contributed by atoms with Crippen LogP contribution in [0, 0.1) is 11.6 Å². The van der Waals surface area contributed by atoms with Gasteiger partial charge in [0.15, 0.2) is 23.1 Å². The number of nitrogens with zero attached hydrogens (tertiary/aromatic N) is 3. The molecule has 1 aromatic heterocycles. The Morgan fingerprint density at radius 3 is 2.64 bits per heavy atom. The number of carbonyl (C=O) groups excluding carboxylic acids is 2. The Bertz CT molecular complexity index is 1240. The van der Waals surface area contributed by atoms with Crippen LogP contribution in [0.25, 0.3) is 0 Å². The number of ether oxygens (including phenoxy) is 2. The molecule has 0 radical (unpaired) electrons. The molecule has 0 aliphatic carbocycles. The minimum absolute atomic E-state index is 0.0535. The largest absolute Gasteiger partial charge is 0.454 e. The monoisotopic (exact) mass is 473 g/mol. The van der Waals surface area contributed by atoms with Crippen LogP contribution in [0.5, 0.6) is 11.5 Å². The number of rotatable bonds is 4. The number of benzene rings is 2. The molecule has 2 aliphatic heterocycles. The first-order valence-electron chi connectivity index (χ1n) is 10.0. The van der Waals surface area contributed by atoms with Gasteiger partial charge < -0.3 is 25.0 Å². The van der Waals surface area contributed by atoms with Gasteiger partial charge >= 0.3 is 6.03 Å². The predicted molar refractivity (Wildman–Crippen MR) is 114 cm³/mol. The number of fused-ring (bicyclic) bond motifs is 1. The van der Waals surface area contributed by atoms with Crippen molar-refractivity contribution in [3.63, 3.8) is 0 Å². The molecule has 2 aliphatic rings. The molecule has 170 valence electrons. The zero-order valence-corrected chi connectivity index (χ0v) is 17.8. The molecule has 3 amide bonds. The van der Waals surface area contributed by atoms with Crippen molar-refractivity contribution < 1.29 is 27.8 Å². The van der Waals surface area contributed by atoms with Crippen molar-refractivity contribution in [2.75, 3.05) is 24.0 Å². The van der Waals surface area contributed by atoms with Gasteiger partial charge in [0.2, 0.25) is 11.8 Å². The molecule has 12 heteroatoms. The number of amides is 3. The highest BCUT2D eigenvalue weighted by atomic mass is 32.1. The zero-order chi connectivity index (χ0) is 22.9. The number of aromatic nitrogens is 2. The number of hydrogen-bond acceptors (Lipinski definition) is 7. The van der Waals surface area contributed by atoms with Crippen LogP contribution in [0.1, 0.15) is 33.7 Å². The summed E-state index contributed by atoms with van der Waals surface area (Å²) in [5.74, 6) is -1.49. The average molecular weight is 473 g/mol. The highest BCUT2D eigenvalue weighted by Crippen LogP contribution is 2.36. The van der Waals surface area contributed by atoms with Gasteiger partial charge in [-0.1, -0.05) is 11.3 Å². The number of nitrogens with one attached hydrogen (secondary N) is 2. The second kappa shape index (κ2) is 8.62. The van der Waals surface area contributed by atoms with Crippen molar-refractivity contribution >= 4 is 34.6 Å². The van der Waals surface area contributed by atoms with Crippen LogP contribution in [-0.4, -0.2) is 40.4 Å². The Kier molecular flexibility index (Phi) is 5.50. The van der Waals surface area contributed by atoms with Gasteiger partial charge in [-0.25, -0.2) is 13.6 Å². The second-order valence-electron chi connectivity index (χ2n) is 7.38. The second-order valence-corrected chi connectivity index (χ2v) is 8.39. The van der Waals surface area contributed by atoms with Crippen LogP contribution >= 0.6 is 11.3 Å². The van der Waals surface area contributed by atoms with E-state index >= 15 is 0 Å². The molecule has 0 saturated carbocycles. The Balaban J connectivity index is 1.26. The van der Waals surface area contributed by atoms with Crippen molar-refractivity contribution in [2.24, 2.45) is 0 Å². The first-order valence-corrected chi connectivity index (χ1v) is 10.9. The zero-order valence-electron chi connectivity index (χ0n) is 17.0. The minimum atomic E-state index is -1.07. The number of carbonyl (C=O) groups is 2. The van der Waals surface area contributed by atoms with Gasteiger partial charge in [-0.3, -0.25) is 4.79 Å². The van der Waals surface area contributed by atoms with E-state index < -0.39 is 17.5 Å². The third-order valence-electron chi connectivity index (χ3n) is 5.23. The lowest BCUT2D eigenvalue weighted by Gasteiger charge is -2.23. The van der Waals surface area contributed by atoms with Gasteiger partial charge in [-0.2, -0.15) is 0 Å². The molecule has 0 spiro atoms. The van der Waals surface area contributed by atoms with Gasteiger partial charge in [0.05, 0.1) is 6.04 Å². The summed E-state index contributed by atoms with van der Waals surface area (Å²) in [7, 11) is 0. The van der Waals surface area contributed by atoms with E-state index in [-0.39, 0.29) is 29.6 Å². The number of halogens is 2. The standard InChI is InChI=1S/C21H17F2N5O4S/c22-13-5-3-11(8-14(13)23)24-18(29)20-27-26-19(33-20)15-2-1-7-28(15)21(30)25-12-4-6-16-17(9-12)32-10-31-16/h3-6,8-9,15H,1-2,7,10H2,(H,24,29)(H,25,30)/t15-/m0/s1. The lowest BCUT2D eigenvalue weighted by Crippen LogP contribution is -2.34. The Morgan fingerprint density at radius 2 is 1.79 bits per heavy atom. The van der Waals surface area contributed by atoms with Gasteiger partial charge in [-0.05, 0) is 37.1 Å². The lowest BCUT2D eigenvalue weighted by atomic mass is 10.2. The molecule has 3 heterocycles. The fourth-order valence-electron chi connectivity index (χ4n) is 3.66. The molecule has 1 atom stereocenters. The maximum atomic E-state index is 13.4. The number of hydrogen-bond donors (Lipinski definition) is 2. The lowest BCUT2D eigenvalue weighted by molar-refractivity contribution is 0.102. The molecule has 9 nitrogen and oxygen atoms in total. The van der Waals surface area contributed by atoms with Crippen LogP contribution in [0.4, 0.5) is 25.0 Å². The van der Waals surface area contributed by atoms with E-state index in [2.05, 4.69) is 20.8 Å². The Labute approximate surface area is 190 Å². The summed E-state index contributed by atoms with van der Waals surface area (Å²) in [4.78, 5) is 27.0. The summed E-state index contributed by atoms with van der Waals surface area (Å²) in [5.41, 5.74) is 0.667. The van der Waals surface area contributed by atoms with Gasteiger partial charge in [0.1, 0.15) is 5.01 Å². The Hall–Kier alpha value is -3.80. The summed E-state index contributed by atoms with van der Waals surface area (Å²) in [6.07, 6.45) is 1.45. The smallest absolute Gasteiger partial charge is 0.322 e. The van der Waals surface area contributed by atoms with Crippen molar-refractivity contribution in [1.29, 1.82) is 0 Å². The van der Waals surface area contributed by atoms with E-state index in [1.54, 1.807) is 23.1 Å². The Morgan fingerprint density at radius 1 is 1.00 bits per heavy atom. The van der Waals surface area contributed by atoms with E-state index in [1.807, 2.05) is 0 Å². The maximum absolute atomic E-state index is 13.4. The summed E-state index contributed by atoms with van der Waals surface area (Å²) in [5, 5.41) is 13.9. The molecule has 2 aromatic carbocycles. The summed E-state index contributed by atoms with van der Waals surface area (Å²) >= 11 is 1.05. The molecule has 0 bridgehead atoms. The molecule has 0 unspecified atom stereocenters. The first-order chi connectivity index (χ1) is 16.0.